The normalized spacial score (nSPS) is 9.89. The van der Waals surface area contributed by atoms with Gasteiger partial charge in [0.25, 0.3) is 0 Å². The fourth-order valence-electron chi connectivity index (χ4n) is 1.38. The molecule has 3 heteroatoms. The Hall–Kier alpha value is -1.77. The van der Waals surface area contributed by atoms with Crippen LogP contribution in [-0.2, 0) is 0 Å². The van der Waals surface area contributed by atoms with Gasteiger partial charge in [-0.15, -0.1) is 6.58 Å². The van der Waals surface area contributed by atoms with E-state index >= 15 is 0 Å². The van der Waals surface area contributed by atoms with Gasteiger partial charge in [-0.25, -0.2) is 0 Å². The molecule has 0 aliphatic heterocycles. The second-order valence-electron chi connectivity index (χ2n) is 4.22. The van der Waals surface area contributed by atoms with Gasteiger partial charge < -0.3 is 9.47 Å². The smallest absolute Gasteiger partial charge is 0.153 e. The molecule has 0 fully saturated rings. The number of carbonyl (C=O) groups is 1. The topological polar surface area (TPSA) is 35.5 Å². The lowest BCUT2D eigenvalue weighted by Gasteiger charge is -2.11. The van der Waals surface area contributed by atoms with Crippen molar-refractivity contribution in [2.45, 2.75) is 26.7 Å². The molecular formula is C15H20O3. The van der Waals surface area contributed by atoms with Crippen molar-refractivity contribution >= 4 is 6.29 Å². The predicted molar refractivity (Wildman–Crippen MR) is 72.5 cm³/mol. The highest BCUT2D eigenvalue weighted by molar-refractivity contribution is 5.79. The molecule has 0 aliphatic carbocycles. The highest BCUT2D eigenvalue weighted by Gasteiger charge is 2.05. The lowest BCUT2D eigenvalue weighted by Crippen LogP contribution is -2.02. The zero-order valence-corrected chi connectivity index (χ0v) is 11.1. The van der Waals surface area contributed by atoms with Gasteiger partial charge in [0.2, 0.25) is 0 Å². The molecule has 18 heavy (non-hydrogen) atoms. The first-order valence-electron chi connectivity index (χ1n) is 6.16. The minimum absolute atomic E-state index is 0.521. The number of aldehydes is 1. The van der Waals surface area contributed by atoms with E-state index in [1.807, 2.05) is 13.8 Å². The Balaban J connectivity index is 2.71. The van der Waals surface area contributed by atoms with E-state index in [0.29, 0.717) is 24.5 Å². The van der Waals surface area contributed by atoms with E-state index in [2.05, 4.69) is 6.58 Å². The summed E-state index contributed by atoms with van der Waals surface area (Å²) in [6, 6.07) is 5.26. The zero-order chi connectivity index (χ0) is 13.4. The SMILES string of the molecule is C=C(C)CCOc1cc(OCCC)ccc1C=O. The van der Waals surface area contributed by atoms with Crippen LogP contribution in [0.15, 0.2) is 30.4 Å². The number of hydrogen-bond donors (Lipinski definition) is 0. The summed E-state index contributed by atoms with van der Waals surface area (Å²) in [7, 11) is 0. The van der Waals surface area contributed by atoms with Crippen LogP contribution in [0, 0.1) is 0 Å². The summed E-state index contributed by atoms with van der Waals surface area (Å²) in [5.41, 5.74) is 1.60. The van der Waals surface area contributed by atoms with Crippen molar-refractivity contribution < 1.29 is 14.3 Å². The average Bonchev–Trinajstić information content (AvgIpc) is 2.36. The Labute approximate surface area is 108 Å². The molecule has 1 rings (SSSR count). The second-order valence-corrected chi connectivity index (χ2v) is 4.22. The molecule has 0 saturated carbocycles. The molecule has 1 aromatic rings. The number of hydrogen-bond acceptors (Lipinski definition) is 3. The quantitative estimate of drug-likeness (QED) is 0.520. The molecule has 0 aliphatic rings. The van der Waals surface area contributed by atoms with Crippen LogP contribution in [0.2, 0.25) is 0 Å². The van der Waals surface area contributed by atoms with Gasteiger partial charge in [-0.05, 0) is 25.5 Å². The first kappa shape index (κ1) is 14.3. The molecule has 0 saturated heterocycles. The maximum absolute atomic E-state index is 10.9. The van der Waals surface area contributed by atoms with Gasteiger partial charge in [-0.2, -0.15) is 0 Å². The van der Waals surface area contributed by atoms with Crippen LogP contribution < -0.4 is 9.47 Å². The van der Waals surface area contributed by atoms with Gasteiger partial charge >= 0.3 is 0 Å². The van der Waals surface area contributed by atoms with Crippen molar-refractivity contribution in [2.75, 3.05) is 13.2 Å². The number of rotatable bonds is 8. The standard InChI is InChI=1S/C15H20O3/c1-4-8-17-14-6-5-13(11-16)15(10-14)18-9-7-12(2)3/h5-6,10-11H,2,4,7-9H2,1,3H3. The Kier molecular flexibility index (Phi) is 5.98. The monoisotopic (exact) mass is 248 g/mol. The number of ether oxygens (including phenoxy) is 2. The van der Waals surface area contributed by atoms with Gasteiger partial charge in [-0.1, -0.05) is 12.5 Å². The molecule has 0 bridgehead atoms. The fraction of sp³-hybridized carbons (Fsp3) is 0.400. The van der Waals surface area contributed by atoms with E-state index in [-0.39, 0.29) is 0 Å². The largest absolute Gasteiger partial charge is 0.493 e. The summed E-state index contributed by atoms with van der Waals surface area (Å²) >= 11 is 0. The van der Waals surface area contributed by atoms with E-state index in [9.17, 15) is 4.79 Å². The Bertz CT molecular complexity index is 410. The van der Waals surface area contributed by atoms with Crippen molar-refractivity contribution in [3.63, 3.8) is 0 Å². The van der Waals surface area contributed by atoms with Crippen LogP contribution in [0.1, 0.15) is 37.0 Å². The predicted octanol–water partition coefficient (Wildman–Crippen LogP) is 3.63. The summed E-state index contributed by atoms with van der Waals surface area (Å²) in [6.07, 6.45) is 2.51. The van der Waals surface area contributed by atoms with Crippen molar-refractivity contribution in [3.05, 3.63) is 35.9 Å². The van der Waals surface area contributed by atoms with Crippen LogP contribution in [-0.4, -0.2) is 19.5 Å². The Morgan fingerprint density at radius 1 is 1.33 bits per heavy atom. The molecule has 0 N–H and O–H groups in total. The molecule has 0 heterocycles. The minimum atomic E-state index is 0.521. The summed E-state index contributed by atoms with van der Waals surface area (Å²) in [6.45, 7) is 8.99. The third-order valence-electron chi connectivity index (χ3n) is 2.37. The maximum Gasteiger partial charge on any atom is 0.153 e. The van der Waals surface area contributed by atoms with Gasteiger partial charge in [-0.3, -0.25) is 4.79 Å². The third-order valence-corrected chi connectivity index (χ3v) is 2.37. The molecule has 0 amide bonds. The summed E-state index contributed by atoms with van der Waals surface area (Å²) in [4.78, 5) is 10.9. The number of benzene rings is 1. The lowest BCUT2D eigenvalue weighted by molar-refractivity contribution is 0.111. The van der Waals surface area contributed by atoms with Crippen LogP contribution in [0.3, 0.4) is 0 Å². The van der Waals surface area contributed by atoms with E-state index < -0.39 is 0 Å². The summed E-state index contributed by atoms with van der Waals surface area (Å²) in [5, 5.41) is 0. The summed E-state index contributed by atoms with van der Waals surface area (Å²) < 4.78 is 11.1. The van der Waals surface area contributed by atoms with Crippen molar-refractivity contribution in [1.29, 1.82) is 0 Å². The Morgan fingerprint density at radius 3 is 2.72 bits per heavy atom. The highest BCUT2D eigenvalue weighted by Crippen LogP contribution is 2.24. The average molecular weight is 248 g/mol. The Morgan fingerprint density at radius 2 is 2.11 bits per heavy atom. The second kappa shape index (κ2) is 7.54. The van der Waals surface area contributed by atoms with Crippen molar-refractivity contribution in [3.8, 4) is 11.5 Å². The minimum Gasteiger partial charge on any atom is -0.493 e. The molecule has 1 aromatic carbocycles. The lowest BCUT2D eigenvalue weighted by atomic mass is 10.2. The van der Waals surface area contributed by atoms with Gasteiger partial charge in [0.1, 0.15) is 11.5 Å². The third kappa shape index (κ3) is 4.62. The van der Waals surface area contributed by atoms with Crippen LogP contribution in [0.5, 0.6) is 11.5 Å². The molecule has 0 radical (unpaired) electrons. The molecule has 0 atom stereocenters. The number of carbonyl (C=O) groups excluding carboxylic acids is 1. The zero-order valence-electron chi connectivity index (χ0n) is 11.1. The van der Waals surface area contributed by atoms with E-state index in [1.165, 1.54) is 0 Å². The maximum atomic E-state index is 10.9. The van der Waals surface area contributed by atoms with Gasteiger partial charge in [0.15, 0.2) is 6.29 Å². The molecule has 0 unspecified atom stereocenters. The first-order valence-corrected chi connectivity index (χ1v) is 6.16. The van der Waals surface area contributed by atoms with Crippen LogP contribution >= 0.6 is 0 Å². The van der Waals surface area contributed by atoms with Crippen molar-refractivity contribution in [2.24, 2.45) is 0 Å². The van der Waals surface area contributed by atoms with Crippen LogP contribution in [0.4, 0.5) is 0 Å². The van der Waals surface area contributed by atoms with E-state index in [1.54, 1.807) is 18.2 Å². The first-order chi connectivity index (χ1) is 8.67. The fourth-order valence-corrected chi connectivity index (χ4v) is 1.38. The van der Waals surface area contributed by atoms with Gasteiger partial charge in [0, 0.05) is 12.5 Å². The van der Waals surface area contributed by atoms with E-state index in [4.69, 9.17) is 9.47 Å². The van der Waals surface area contributed by atoms with Gasteiger partial charge in [0.05, 0.1) is 18.8 Å². The molecule has 0 aromatic heterocycles. The van der Waals surface area contributed by atoms with Crippen molar-refractivity contribution in [1.82, 2.24) is 0 Å². The molecule has 0 spiro atoms. The highest BCUT2D eigenvalue weighted by atomic mass is 16.5. The van der Waals surface area contributed by atoms with Crippen LogP contribution in [0.25, 0.3) is 0 Å². The molecule has 98 valence electrons. The molecule has 3 nitrogen and oxygen atoms in total. The summed E-state index contributed by atoms with van der Waals surface area (Å²) in [5.74, 6) is 1.30. The molecular weight excluding hydrogens is 228 g/mol. The van der Waals surface area contributed by atoms with E-state index in [0.717, 1.165) is 30.5 Å².